The number of hydrogen-bond acceptors (Lipinski definition) is 4. The van der Waals surface area contributed by atoms with Gasteiger partial charge in [-0.2, -0.15) is 0 Å². The molecule has 6 heteroatoms. The van der Waals surface area contributed by atoms with Gasteiger partial charge in [-0.1, -0.05) is 17.7 Å². The standard InChI is InChI=1S/C14H19ClN2O3/c1-2-20-14(19)7-9-16-8-6-13(18)17-12-5-3-4-11(15)10-12/h3-5,10,16H,2,6-9H2,1H3,(H,17,18). The first-order chi connectivity index (χ1) is 9.61. The molecule has 0 aromatic heterocycles. The van der Waals surface area contributed by atoms with Crippen LogP contribution in [-0.4, -0.2) is 31.6 Å². The summed E-state index contributed by atoms with van der Waals surface area (Å²) in [6, 6.07) is 6.98. The van der Waals surface area contributed by atoms with E-state index in [1.54, 1.807) is 31.2 Å². The van der Waals surface area contributed by atoms with Crippen molar-refractivity contribution >= 4 is 29.2 Å². The Balaban J connectivity index is 2.13. The van der Waals surface area contributed by atoms with Gasteiger partial charge in [-0.3, -0.25) is 9.59 Å². The van der Waals surface area contributed by atoms with Gasteiger partial charge in [-0.05, 0) is 25.1 Å². The lowest BCUT2D eigenvalue weighted by molar-refractivity contribution is -0.142. The molecular weight excluding hydrogens is 280 g/mol. The Kier molecular flexibility index (Phi) is 7.69. The van der Waals surface area contributed by atoms with Crippen LogP contribution in [0.5, 0.6) is 0 Å². The number of hydrogen-bond donors (Lipinski definition) is 2. The van der Waals surface area contributed by atoms with E-state index in [1.807, 2.05) is 0 Å². The Morgan fingerprint density at radius 1 is 1.25 bits per heavy atom. The molecule has 0 spiro atoms. The van der Waals surface area contributed by atoms with E-state index in [4.69, 9.17) is 16.3 Å². The molecule has 0 saturated heterocycles. The van der Waals surface area contributed by atoms with Crippen molar-refractivity contribution in [1.29, 1.82) is 0 Å². The van der Waals surface area contributed by atoms with Crippen molar-refractivity contribution in [3.8, 4) is 0 Å². The Labute approximate surface area is 123 Å². The van der Waals surface area contributed by atoms with Crippen LogP contribution < -0.4 is 10.6 Å². The van der Waals surface area contributed by atoms with Crippen LogP contribution in [0.3, 0.4) is 0 Å². The second kappa shape index (κ2) is 9.34. The fourth-order valence-electron chi connectivity index (χ4n) is 1.54. The number of ether oxygens (including phenoxy) is 1. The summed E-state index contributed by atoms with van der Waals surface area (Å²) in [6.45, 7) is 3.17. The number of esters is 1. The number of anilines is 1. The number of carbonyl (C=O) groups is 2. The van der Waals surface area contributed by atoms with Crippen molar-refractivity contribution in [2.75, 3.05) is 25.0 Å². The Bertz CT molecular complexity index is 452. The van der Waals surface area contributed by atoms with E-state index >= 15 is 0 Å². The van der Waals surface area contributed by atoms with Gasteiger partial charge in [0.05, 0.1) is 13.0 Å². The lowest BCUT2D eigenvalue weighted by Gasteiger charge is -2.06. The molecule has 0 aliphatic carbocycles. The maximum Gasteiger partial charge on any atom is 0.307 e. The summed E-state index contributed by atoms with van der Waals surface area (Å²) in [5, 5.41) is 6.34. The second-order valence-corrected chi connectivity index (χ2v) is 4.55. The largest absolute Gasteiger partial charge is 0.466 e. The van der Waals surface area contributed by atoms with Gasteiger partial charge >= 0.3 is 5.97 Å². The average molecular weight is 299 g/mol. The van der Waals surface area contributed by atoms with Gasteiger partial charge in [0.1, 0.15) is 0 Å². The highest BCUT2D eigenvalue weighted by Crippen LogP contribution is 2.14. The average Bonchev–Trinajstić information content (AvgIpc) is 2.38. The minimum absolute atomic E-state index is 0.101. The summed E-state index contributed by atoms with van der Waals surface area (Å²) in [5.74, 6) is -0.334. The maximum absolute atomic E-state index is 11.6. The molecule has 5 nitrogen and oxygen atoms in total. The predicted octanol–water partition coefficient (Wildman–Crippen LogP) is 2.21. The van der Waals surface area contributed by atoms with Crippen LogP contribution in [0, 0.1) is 0 Å². The minimum Gasteiger partial charge on any atom is -0.466 e. The van der Waals surface area contributed by atoms with Crippen LogP contribution in [0.25, 0.3) is 0 Å². The van der Waals surface area contributed by atoms with Gasteiger partial charge < -0.3 is 15.4 Å². The molecule has 0 aliphatic heterocycles. The van der Waals surface area contributed by atoms with Gasteiger partial charge in [0.15, 0.2) is 0 Å². The molecular formula is C14H19ClN2O3. The molecule has 0 bridgehead atoms. The molecule has 0 unspecified atom stereocenters. The van der Waals surface area contributed by atoms with E-state index in [9.17, 15) is 9.59 Å². The molecule has 110 valence electrons. The first kappa shape index (κ1) is 16.5. The van der Waals surface area contributed by atoms with Gasteiger partial charge in [-0.15, -0.1) is 0 Å². The molecule has 0 fully saturated rings. The molecule has 1 amide bonds. The first-order valence-corrected chi connectivity index (χ1v) is 6.91. The van der Waals surface area contributed by atoms with Crippen LogP contribution in [0.4, 0.5) is 5.69 Å². The fraction of sp³-hybridized carbons (Fsp3) is 0.429. The Morgan fingerprint density at radius 3 is 2.70 bits per heavy atom. The highest BCUT2D eigenvalue weighted by Gasteiger charge is 2.04. The molecule has 0 heterocycles. The molecule has 1 rings (SSSR count). The van der Waals surface area contributed by atoms with Crippen LogP contribution in [0.1, 0.15) is 19.8 Å². The van der Waals surface area contributed by atoms with E-state index in [2.05, 4.69) is 10.6 Å². The Hall–Kier alpha value is -1.59. The molecule has 0 radical (unpaired) electrons. The molecule has 0 aliphatic rings. The number of halogens is 1. The first-order valence-electron chi connectivity index (χ1n) is 6.53. The minimum atomic E-state index is -0.233. The van der Waals surface area contributed by atoms with Crippen molar-refractivity contribution < 1.29 is 14.3 Å². The summed E-state index contributed by atoms with van der Waals surface area (Å²) in [6.07, 6.45) is 0.638. The van der Waals surface area contributed by atoms with Crippen LogP contribution in [-0.2, 0) is 14.3 Å². The van der Waals surface area contributed by atoms with Crippen LogP contribution in [0.15, 0.2) is 24.3 Å². The number of amides is 1. The van der Waals surface area contributed by atoms with E-state index in [0.717, 1.165) is 0 Å². The van der Waals surface area contributed by atoms with Crippen LogP contribution in [0.2, 0.25) is 5.02 Å². The summed E-state index contributed by atoms with van der Waals surface area (Å²) in [7, 11) is 0. The second-order valence-electron chi connectivity index (χ2n) is 4.11. The summed E-state index contributed by atoms with van der Waals surface area (Å²) < 4.78 is 4.79. The zero-order chi connectivity index (χ0) is 14.8. The van der Waals surface area contributed by atoms with Crippen molar-refractivity contribution in [3.63, 3.8) is 0 Å². The third kappa shape index (κ3) is 7.11. The summed E-state index contributed by atoms with van der Waals surface area (Å²) in [4.78, 5) is 22.7. The lowest BCUT2D eigenvalue weighted by Crippen LogP contribution is -2.24. The van der Waals surface area contributed by atoms with E-state index in [0.29, 0.717) is 43.2 Å². The Morgan fingerprint density at radius 2 is 2.00 bits per heavy atom. The van der Waals surface area contributed by atoms with Gasteiger partial charge in [0.2, 0.25) is 5.91 Å². The monoisotopic (exact) mass is 298 g/mol. The third-order valence-electron chi connectivity index (χ3n) is 2.45. The fourth-order valence-corrected chi connectivity index (χ4v) is 1.73. The highest BCUT2D eigenvalue weighted by atomic mass is 35.5. The summed E-state index contributed by atoms with van der Waals surface area (Å²) in [5.41, 5.74) is 0.675. The van der Waals surface area contributed by atoms with Crippen LogP contribution >= 0.6 is 11.6 Å². The zero-order valence-electron chi connectivity index (χ0n) is 11.4. The van der Waals surface area contributed by atoms with Gasteiger partial charge in [0, 0.05) is 30.2 Å². The quantitative estimate of drug-likeness (QED) is 0.570. The molecule has 2 N–H and O–H groups in total. The van der Waals surface area contributed by atoms with Crippen molar-refractivity contribution in [3.05, 3.63) is 29.3 Å². The van der Waals surface area contributed by atoms with Crippen molar-refractivity contribution in [2.45, 2.75) is 19.8 Å². The maximum atomic E-state index is 11.6. The van der Waals surface area contributed by atoms with E-state index in [-0.39, 0.29) is 11.9 Å². The highest BCUT2D eigenvalue weighted by molar-refractivity contribution is 6.30. The number of carbonyl (C=O) groups excluding carboxylic acids is 2. The predicted molar refractivity (Wildman–Crippen MR) is 78.8 cm³/mol. The SMILES string of the molecule is CCOC(=O)CCNCCC(=O)Nc1cccc(Cl)c1. The molecule has 1 aromatic carbocycles. The summed E-state index contributed by atoms with van der Waals surface area (Å²) >= 11 is 5.82. The molecule has 0 atom stereocenters. The number of benzene rings is 1. The van der Waals surface area contributed by atoms with Gasteiger partial charge in [0.25, 0.3) is 0 Å². The number of rotatable bonds is 8. The third-order valence-corrected chi connectivity index (χ3v) is 2.68. The topological polar surface area (TPSA) is 67.4 Å². The van der Waals surface area contributed by atoms with E-state index in [1.165, 1.54) is 0 Å². The zero-order valence-corrected chi connectivity index (χ0v) is 12.2. The normalized spacial score (nSPS) is 10.1. The number of nitrogens with one attached hydrogen (secondary N) is 2. The van der Waals surface area contributed by atoms with Crippen molar-refractivity contribution in [2.24, 2.45) is 0 Å². The molecule has 1 aromatic rings. The van der Waals surface area contributed by atoms with Gasteiger partial charge in [-0.25, -0.2) is 0 Å². The smallest absolute Gasteiger partial charge is 0.307 e. The lowest BCUT2D eigenvalue weighted by atomic mass is 10.3. The molecule has 20 heavy (non-hydrogen) atoms. The van der Waals surface area contributed by atoms with Crippen molar-refractivity contribution in [1.82, 2.24) is 5.32 Å². The van der Waals surface area contributed by atoms with E-state index < -0.39 is 0 Å². The molecule has 0 saturated carbocycles.